The van der Waals surface area contributed by atoms with Gasteiger partial charge in [-0.05, 0) is 54.8 Å². The van der Waals surface area contributed by atoms with E-state index in [0.29, 0.717) is 46.2 Å². The van der Waals surface area contributed by atoms with E-state index in [1.54, 1.807) is 18.3 Å². The Kier molecular flexibility index (Phi) is 10.1. The molecule has 0 fully saturated rings. The summed E-state index contributed by atoms with van der Waals surface area (Å²) < 4.78 is 50.3. The van der Waals surface area contributed by atoms with Gasteiger partial charge in [0.15, 0.2) is 5.16 Å². The lowest BCUT2D eigenvalue weighted by Crippen LogP contribution is -2.22. The molecule has 0 aliphatic carbocycles. The number of pyridine rings is 1. The number of benzene rings is 2. The van der Waals surface area contributed by atoms with Gasteiger partial charge in [0.1, 0.15) is 30.0 Å². The van der Waals surface area contributed by atoms with Gasteiger partial charge in [0.05, 0.1) is 17.1 Å². The number of hydrogen-bond donors (Lipinski definition) is 2. The van der Waals surface area contributed by atoms with Crippen LogP contribution in [0, 0.1) is 17.5 Å². The van der Waals surface area contributed by atoms with E-state index in [1.807, 2.05) is 10.8 Å². The van der Waals surface area contributed by atoms with Gasteiger partial charge in [0, 0.05) is 50.6 Å². The molecule has 43 heavy (non-hydrogen) atoms. The lowest BCUT2D eigenvalue weighted by Gasteiger charge is -2.17. The highest BCUT2D eigenvalue weighted by molar-refractivity contribution is 7.98. The van der Waals surface area contributed by atoms with Crippen molar-refractivity contribution in [1.82, 2.24) is 14.5 Å². The number of carbonyl (C=O) groups is 2. The van der Waals surface area contributed by atoms with Gasteiger partial charge in [-0.25, -0.2) is 23.1 Å². The van der Waals surface area contributed by atoms with Crippen LogP contribution >= 0.6 is 11.8 Å². The molecule has 226 valence electrons. The molecule has 0 saturated carbocycles. The summed E-state index contributed by atoms with van der Waals surface area (Å²) in [6, 6.07) is 10.9. The number of hydrogen-bond acceptors (Lipinski definition) is 6. The highest BCUT2D eigenvalue weighted by atomic mass is 32.2. The van der Waals surface area contributed by atoms with Crippen LogP contribution in [-0.2, 0) is 16.3 Å². The minimum Gasteiger partial charge on any atom is -0.361 e. The van der Waals surface area contributed by atoms with Gasteiger partial charge >= 0.3 is 0 Å². The topological polar surface area (TPSA) is 98.1 Å². The number of nitrogens with zero attached hydrogens (tertiary/aromatic N) is 3. The van der Waals surface area contributed by atoms with Gasteiger partial charge in [-0.3, -0.25) is 14.2 Å². The summed E-state index contributed by atoms with van der Waals surface area (Å²) in [7, 11) is -1.34. The maximum Gasteiger partial charge on any atom is 0.255 e. The van der Waals surface area contributed by atoms with Crippen LogP contribution < -0.4 is 10.6 Å². The summed E-state index contributed by atoms with van der Waals surface area (Å²) >= 11 is 1.40. The summed E-state index contributed by atoms with van der Waals surface area (Å²) in [5.41, 5.74) is 1.73. The van der Waals surface area contributed by atoms with E-state index >= 15 is 0 Å². The quantitative estimate of drug-likeness (QED) is 0.103. The van der Waals surface area contributed by atoms with Crippen LogP contribution in [0.5, 0.6) is 0 Å². The van der Waals surface area contributed by atoms with Crippen molar-refractivity contribution in [3.63, 3.8) is 0 Å². The smallest absolute Gasteiger partial charge is 0.255 e. The zero-order valence-corrected chi connectivity index (χ0v) is 26.2. The van der Waals surface area contributed by atoms with Crippen LogP contribution in [0.25, 0.3) is 22.5 Å². The predicted molar refractivity (Wildman–Crippen MR) is 165 cm³/mol. The summed E-state index contributed by atoms with van der Waals surface area (Å²) in [5.74, 6) is -3.43. The third-order valence-electron chi connectivity index (χ3n) is 6.28. The molecule has 0 bridgehead atoms. The molecule has 0 atom stereocenters. The number of ether oxygens (including phenoxy) is 1. The molecule has 4 rings (SSSR count). The van der Waals surface area contributed by atoms with E-state index in [9.17, 15) is 22.8 Å². The Balaban J connectivity index is 1.78. The number of carbonyl (C=O) groups excluding carboxylic acids is 2. The number of anilines is 2. The molecule has 8 nitrogen and oxygen atoms in total. The lowest BCUT2D eigenvalue weighted by molar-refractivity contribution is -0.114. The minimum absolute atomic E-state index is 0.191. The van der Waals surface area contributed by atoms with Crippen molar-refractivity contribution in [2.75, 3.05) is 23.5 Å². The fraction of sp³-hybridized carbons (Fsp3) is 0.267. The first-order chi connectivity index (χ1) is 20.3. The lowest BCUT2D eigenvalue weighted by atomic mass is 10.0. The van der Waals surface area contributed by atoms with Crippen molar-refractivity contribution >= 4 is 43.2 Å². The van der Waals surface area contributed by atoms with Gasteiger partial charge in [-0.1, -0.05) is 31.4 Å². The van der Waals surface area contributed by atoms with E-state index in [4.69, 9.17) is 9.72 Å². The van der Waals surface area contributed by atoms with E-state index in [2.05, 4.69) is 35.3 Å². The molecule has 0 aliphatic heterocycles. The number of aromatic nitrogens is 3. The average Bonchev–Trinajstić information content (AvgIpc) is 3.29. The van der Waals surface area contributed by atoms with Crippen molar-refractivity contribution in [3.05, 3.63) is 77.7 Å². The zero-order chi connectivity index (χ0) is 31.3. The number of amides is 2. The Morgan fingerprint density at radius 3 is 2.35 bits per heavy atom. The maximum atomic E-state index is 14.9. The standard InChI is InChI=1S/C30H32F3N5O3SSi/c1-18(39)35-26-15-20(8-9-34-26)28-27(37-30(42-2)38(28)17-41-10-11-43(3,4)5)19-6-7-24(33)25(14-19)36-29(40)21-12-22(31)16-23(32)13-21/h6-9,12-16H,10-11,17H2,1-5H3,(H,36,40)(H,34,35,39). The third-order valence-corrected chi connectivity index (χ3v) is 8.66. The monoisotopic (exact) mass is 627 g/mol. The van der Waals surface area contributed by atoms with Crippen LogP contribution in [0.1, 0.15) is 17.3 Å². The first-order valence-electron chi connectivity index (χ1n) is 13.4. The molecule has 0 saturated heterocycles. The number of nitrogens with one attached hydrogen (secondary N) is 2. The van der Waals surface area contributed by atoms with Crippen molar-refractivity contribution in [3.8, 4) is 22.5 Å². The van der Waals surface area contributed by atoms with Crippen molar-refractivity contribution in [1.29, 1.82) is 0 Å². The molecular weight excluding hydrogens is 596 g/mol. The Morgan fingerprint density at radius 1 is 0.977 bits per heavy atom. The first-order valence-corrected chi connectivity index (χ1v) is 18.3. The second-order valence-electron chi connectivity index (χ2n) is 11.0. The summed E-state index contributed by atoms with van der Waals surface area (Å²) in [6.45, 7) is 8.94. The SMILES string of the molecule is CSc1nc(-c2ccc(F)c(NC(=O)c3cc(F)cc(F)c3)c2)c(-c2ccnc(NC(C)=O)c2)n1COCC[Si](C)(C)C. The second kappa shape index (κ2) is 13.6. The molecule has 2 heterocycles. The Labute approximate surface area is 253 Å². The Bertz CT molecular complexity index is 1640. The molecule has 2 aromatic carbocycles. The van der Waals surface area contributed by atoms with Crippen LogP contribution in [0.3, 0.4) is 0 Å². The molecule has 0 spiro atoms. The Hall–Kier alpha value is -3.94. The van der Waals surface area contributed by atoms with Gasteiger partial charge < -0.3 is 15.4 Å². The van der Waals surface area contributed by atoms with Crippen LogP contribution in [-0.4, -0.2) is 47.3 Å². The van der Waals surface area contributed by atoms with E-state index in [-0.39, 0.29) is 23.9 Å². The predicted octanol–water partition coefficient (Wildman–Crippen LogP) is 7.27. The number of imidazole rings is 1. The molecule has 0 radical (unpaired) electrons. The normalized spacial score (nSPS) is 11.4. The summed E-state index contributed by atoms with van der Waals surface area (Å²) in [4.78, 5) is 33.5. The molecule has 0 unspecified atom stereocenters. The summed E-state index contributed by atoms with van der Waals surface area (Å²) in [6.07, 6.45) is 3.43. The van der Waals surface area contributed by atoms with Crippen LogP contribution in [0.2, 0.25) is 25.7 Å². The van der Waals surface area contributed by atoms with Crippen LogP contribution in [0.4, 0.5) is 24.7 Å². The van der Waals surface area contributed by atoms with Crippen molar-refractivity contribution in [2.24, 2.45) is 0 Å². The van der Waals surface area contributed by atoms with Crippen molar-refractivity contribution < 1.29 is 27.5 Å². The van der Waals surface area contributed by atoms with Gasteiger partial charge in [0.2, 0.25) is 5.91 Å². The fourth-order valence-electron chi connectivity index (χ4n) is 4.21. The van der Waals surface area contributed by atoms with Gasteiger partial charge in [-0.15, -0.1) is 0 Å². The first kappa shape index (κ1) is 32.0. The van der Waals surface area contributed by atoms with Crippen molar-refractivity contribution in [2.45, 2.75) is 44.5 Å². The summed E-state index contributed by atoms with van der Waals surface area (Å²) in [5, 5.41) is 5.72. The fourth-order valence-corrected chi connectivity index (χ4v) is 5.51. The van der Waals surface area contributed by atoms with Gasteiger partial charge in [0.25, 0.3) is 5.91 Å². The Morgan fingerprint density at radius 2 is 1.70 bits per heavy atom. The second-order valence-corrected chi connectivity index (χ2v) is 17.4. The molecule has 2 N–H and O–H groups in total. The molecule has 13 heteroatoms. The molecule has 2 amide bonds. The largest absolute Gasteiger partial charge is 0.361 e. The number of thioether (sulfide) groups is 1. The highest BCUT2D eigenvalue weighted by Gasteiger charge is 2.23. The number of rotatable bonds is 11. The molecular formula is C30H32F3N5O3SSi. The zero-order valence-electron chi connectivity index (χ0n) is 24.4. The highest BCUT2D eigenvalue weighted by Crippen LogP contribution is 2.37. The molecule has 4 aromatic rings. The van der Waals surface area contributed by atoms with E-state index in [0.717, 1.165) is 18.2 Å². The minimum atomic E-state index is -1.34. The average molecular weight is 628 g/mol. The third kappa shape index (κ3) is 8.33. The maximum absolute atomic E-state index is 14.9. The van der Waals surface area contributed by atoms with Gasteiger partial charge in [-0.2, -0.15) is 0 Å². The van der Waals surface area contributed by atoms with Crippen LogP contribution in [0.15, 0.2) is 59.9 Å². The molecule has 0 aliphatic rings. The van der Waals surface area contributed by atoms with E-state index < -0.39 is 31.4 Å². The van der Waals surface area contributed by atoms with E-state index in [1.165, 1.54) is 36.9 Å². The molecule has 2 aromatic heterocycles. The number of halogens is 3.